The maximum Gasteiger partial charge on any atom is 0.257 e. The molecule has 35 heavy (non-hydrogen) atoms. The Bertz CT molecular complexity index is 866. The van der Waals surface area contributed by atoms with Crippen LogP contribution < -0.4 is 9.64 Å². The zero-order chi connectivity index (χ0) is 24.5. The summed E-state index contributed by atoms with van der Waals surface area (Å²) in [6.07, 6.45) is 13.0. The molecule has 1 aliphatic carbocycles. The molecule has 2 aliphatic heterocycles. The zero-order valence-electron chi connectivity index (χ0n) is 21.5. The van der Waals surface area contributed by atoms with Crippen molar-refractivity contribution in [1.82, 2.24) is 9.80 Å². The summed E-state index contributed by atoms with van der Waals surface area (Å²) in [6.45, 7) is 9.53. The van der Waals surface area contributed by atoms with E-state index in [4.69, 9.17) is 4.74 Å². The molecule has 0 radical (unpaired) electrons. The number of nitrogens with zero attached hydrogens (tertiary/aromatic N) is 3. The number of unbranched alkanes of at least 4 members (excludes halogenated alkanes) is 1. The number of rotatable bonds is 9. The molecule has 0 spiro atoms. The number of aliphatic hydroxyl groups is 1. The summed E-state index contributed by atoms with van der Waals surface area (Å²) in [6, 6.07) is 8.35. The van der Waals surface area contributed by atoms with Gasteiger partial charge >= 0.3 is 0 Å². The predicted molar refractivity (Wildman–Crippen MR) is 142 cm³/mol. The Morgan fingerprint density at radius 3 is 2.46 bits per heavy atom. The molecule has 6 nitrogen and oxygen atoms in total. The molecule has 0 saturated carbocycles. The number of carbonyl (C=O) groups is 1. The molecular weight excluding hydrogens is 438 g/mol. The Hall–Kier alpha value is -2.47. The lowest BCUT2D eigenvalue weighted by Gasteiger charge is -2.36. The standard InChI is InChI=1S/C29H43N3O3/c1-2-24-9-8-10-28(33)27(23-24)29(34)32-20-18-31(19-21-32)25-11-13-26(14-12-25)35-22-7-6-17-30-15-4-3-5-16-30/h10-14,23-24,33H,2-9,15-22H2,1H3. The molecule has 192 valence electrons. The van der Waals surface area contributed by atoms with Crippen molar-refractivity contribution >= 4 is 11.6 Å². The maximum atomic E-state index is 13.1. The van der Waals surface area contributed by atoms with Gasteiger partial charge in [-0.25, -0.2) is 0 Å². The van der Waals surface area contributed by atoms with Crippen LogP contribution in [0.2, 0.25) is 0 Å². The highest BCUT2D eigenvalue weighted by atomic mass is 16.5. The third kappa shape index (κ3) is 7.26. The van der Waals surface area contributed by atoms with Crippen LogP contribution in [0.3, 0.4) is 0 Å². The van der Waals surface area contributed by atoms with Gasteiger partial charge in [0.05, 0.1) is 12.2 Å². The Morgan fingerprint density at radius 2 is 1.74 bits per heavy atom. The zero-order valence-corrected chi connectivity index (χ0v) is 21.5. The van der Waals surface area contributed by atoms with Gasteiger partial charge in [-0.2, -0.15) is 0 Å². The van der Waals surface area contributed by atoms with E-state index < -0.39 is 0 Å². The van der Waals surface area contributed by atoms with Crippen molar-refractivity contribution in [2.45, 2.75) is 58.3 Å². The molecule has 1 unspecified atom stereocenters. The molecule has 2 heterocycles. The molecule has 1 N–H and O–H groups in total. The van der Waals surface area contributed by atoms with E-state index in [-0.39, 0.29) is 11.7 Å². The summed E-state index contributed by atoms with van der Waals surface area (Å²) in [7, 11) is 0. The SMILES string of the molecule is CCC1C=C(C(=O)N2CCN(c3ccc(OCCCCN4CCCCC4)cc3)CC2)C(O)=CCC1. The monoisotopic (exact) mass is 481 g/mol. The van der Waals surface area contributed by atoms with Crippen molar-refractivity contribution in [1.29, 1.82) is 0 Å². The van der Waals surface area contributed by atoms with Crippen molar-refractivity contribution in [3.63, 3.8) is 0 Å². The topological polar surface area (TPSA) is 56.2 Å². The third-order valence-electron chi connectivity index (χ3n) is 7.66. The minimum atomic E-state index is -0.0391. The van der Waals surface area contributed by atoms with Gasteiger partial charge in [0, 0.05) is 31.9 Å². The van der Waals surface area contributed by atoms with E-state index in [2.05, 4.69) is 41.0 Å². The van der Waals surface area contributed by atoms with Gasteiger partial charge < -0.3 is 24.5 Å². The van der Waals surface area contributed by atoms with Crippen molar-refractivity contribution < 1.29 is 14.6 Å². The number of allylic oxidation sites excluding steroid dienone is 2. The summed E-state index contributed by atoms with van der Waals surface area (Å²) in [5.41, 5.74) is 1.65. The van der Waals surface area contributed by atoms with Gasteiger partial charge in [-0.3, -0.25) is 4.79 Å². The number of amides is 1. The van der Waals surface area contributed by atoms with Crippen LogP contribution >= 0.6 is 0 Å². The van der Waals surface area contributed by atoms with E-state index in [0.717, 1.165) is 56.8 Å². The van der Waals surface area contributed by atoms with Crippen LogP contribution in [0, 0.1) is 5.92 Å². The Labute approximate surface area is 211 Å². The van der Waals surface area contributed by atoms with E-state index >= 15 is 0 Å². The normalized spacial score (nSPS) is 21.8. The fourth-order valence-electron chi connectivity index (χ4n) is 5.35. The lowest BCUT2D eigenvalue weighted by molar-refractivity contribution is -0.127. The molecular formula is C29H43N3O3. The first kappa shape index (κ1) is 25.6. The van der Waals surface area contributed by atoms with Gasteiger partial charge in [0.15, 0.2) is 0 Å². The van der Waals surface area contributed by atoms with Gasteiger partial charge in [-0.1, -0.05) is 19.4 Å². The first-order valence-electron chi connectivity index (χ1n) is 13.7. The number of piperazine rings is 1. The van der Waals surface area contributed by atoms with Crippen LogP contribution in [-0.2, 0) is 4.79 Å². The molecule has 1 amide bonds. The van der Waals surface area contributed by atoms with Crippen LogP contribution in [0.15, 0.2) is 47.7 Å². The number of carbonyl (C=O) groups excluding carboxylic acids is 1. The highest BCUT2D eigenvalue weighted by Gasteiger charge is 2.27. The van der Waals surface area contributed by atoms with Crippen LogP contribution in [0.25, 0.3) is 0 Å². The smallest absolute Gasteiger partial charge is 0.257 e. The van der Waals surface area contributed by atoms with Gasteiger partial charge in [0.2, 0.25) is 0 Å². The number of hydrogen-bond acceptors (Lipinski definition) is 5. The van der Waals surface area contributed by atoms with Crippen LogP contribution in [0.4, 0.5) is 5.69 Å². The minimum absolute atomic E-state index is 0.0391. The highest BCUT2D eigenvalue weighted by Crippen LogP contribution is 2.26. The molecule has 2 saturated heterocycles. The molecule has 2 fully saturated rings. The minimum Gasteiger partial charge on any atom is -0.507 e. The van der Waals surface area contributed by atoms with Crippen molar-refractivity contribution in [2.24, 2.45) is 5.92 Å². The van der Waals surface area contributed by atoms with Crippen molar-refractivity contribution in [2.75, 3.05) is 57.3 Å². The number of piperidine rings is 1. The molecule has 1 atom stereocenters. The average molecular weight is 482 g/mol. The second-order valence-corrected chi connectivity index (χ2v) is 10.1. The molecule has 0 aromatic heterocycles. The summed E-state index contributed by atoms with van der Waals surface area (Å²) in [4.78, 5) is 19.9. The van der Waals surface area contributed by atoms with E-state index in [1.807, 2.05) is 11.0 Å². The Balaban J connectivity index is 1.20. The summed E-state index contributed by atoms with van der Waals surface area (Å²) < 4.78 is 5.97. The van der Waals surface area contributed by atoms with Crippen LogP contribution in [-0.4, -0.2) is 73.2 Å². The second-order valence-electron chi connectivity index (χ2n) is 10.1. The average Bonchev–Trinajstić information content (AvgIpc) is 3.10. The molecule has 1 aromatic rings. The second kappa shape index (κ2) is 13.0. The van der Waals surface area contributed by atoms with Gasteiger partial charge in [0.25, 0.3) is 5.91 Å². The lowest BCUT2D eigenvalue weighted by Crippen LogP contribution is -2.49. The number of benzene rings is 1. The van der Waals surface area contributed by atoms with Crippen LogP contribution in [0.1, 0.15) is 58.3 Å². The molecule has 6 heteroatoms. The number of ether oxygens (including phenoxy) is 1. The van der Waals surface area contributed by atoms with E-state index in [0.29, 0.717) is 24.6 Å². The molecule has 3 aliphatic rings. The van der Waals surface area contributed by atoms with Gasteiger partial charge in [-0.05, 0) is 101 Å². The van der Waals surface area contributed by atoms with E-state index in [9.17, 15) is 9.90 Å². The fourth-order valence-corrected chi connectivity index (χ4v) is 5.35. The first-order valence-corrected chi connectivity index (χ1v) is 13.7. The summed E-state index contributed by atoms with van der Waals surface area (Å²) >= 11 is 0. The third-order valence-corrected chi connectivity index (χ3v) is 7.66. The highest BCUT2D eigenvalue weighted by molar-refractivity contribution is 5.97. The first-order chi connectivity index (χ1) is 17.1. The molecule has 0 bridgehead atoms. The van der Waals surface area contributed by atoms with Crippen molar-refractivity contribution in [3.8, 4) is 5.75 Å². The Morgan fingerprint density at radius 1 is 1.00 bits per heavy atom. The predicted octanol–water partition coefficient (Wildman–Crippen LogP) is 5.17. The molecule has 4 rings (SSSR count). The number of anilines is 1. The Kier molecular flexibility index (Phi) is 9.52. The largest absolute Gasteiger partial charge is 0.507 e. The summed E-state index contributed by atoms with van der Waals surface area (Å²) in [5.74, 6) is 1.39. The quantitative estimate of drug-likeness (QED) is 0.493. The van der Waals surface area contributed by atoms with Crippen LogP contribution in [0.5, 0.6) is 5.75 Å². The maximum absolute atomic E-state index is 13.1. The molecule has 1 aromatic carbocycles. The fraction of sp³-hybridized carbons (Fsp3) is 0.621. The van der Waals surface area contributed by atoms with Crippen molar-refractivity contribution in [3.05, 3.63) is 47.7 Å². The number of hydrogen-bond donors (Lipinski definition) is 1. The van der Waals surface area contributed by atoms with E-state index in [1.54, 1.807) is 6.08 Å². The summed E-state index contributed by atoms with van der Waals surface area (Å²) in [5, 5.41) is 10.4. The lowest BCUT2D eigenvalue weighted by atomic mass is 9.99. The number of aliphatic hydroxyl groups excluding tert-OH is 1. The number of likely N-dealkylation sites (tertiary alicyclic amines) is 1. The van der Waals surface area contributed by atoms with Gasteiger partial charge in [-0.15, -0.1) is 0 Å². The van der Waals surface area contributed by atoms with E-state index in [1.165, 1.54) is 45.3 Å². The van der Waals surface area contributed by atoms with Gasteiger partial charge in [0.1, 0.15) is 11.5 Å².